The Morgan fingerprint density at radius 2 is 1.79 bits per heavy atom. The Hall–Kier alpha value is -1.97. The maximum Gasteiger partial charge on any atom is 0.326 e. The van der Waals surface area contributed by atoms with Crippen molar-refractivity contribution in [1.82, 2.24) is 10.0 Å². The molecule has 1 rings (SSSR count). The van der Waals surface area contributed by atoms with Gasteiger partial charge in [0.1, 0.15) is 6.04 Å². The maximum atomic E-state index is 12.1. The third-order valence-corrected chi connectivity index (χ3v) is 4.72. The molecule has 0 spiro atoms. The summed E-state index contributed by atoms with van der Waals surface area (Å²) in [5, 5.41) is 11.5. The van der Waals surface area contributed by atoms with Crippen LogP contribution in [0.4, 0.5) is 0 Å². The van der Waals surface area contributed by atoms with Gasteiger partial charge in [-0.2, -0.15) is 0 Å². The number of hydrogen-bond acceptors (Lipinski definition) is 5. The Balaban J connectivity index is 2.83. The van der Waals surface area contributed by atoms with Crippen LogP contribution in [0, 0.1) is 5.92 Å². The van der Waals surface area contributed by atoms with Crippen molar-refractivity contribution in [2.24, 2.45) is 5.92 Å². The predicted octanol–water partition coefficient (Wildman–Crippen LogP) is 0.450. The molecule has 1 aromatic rings. The third-order valence-electron chi connectivity index (χ3n) is 3.24. The van der Waals surface area contributed by atoms with Crippen molar-refractivity contribution in [3.63, 3.8) is 0 Å². The van der Waals surface area contributed by atoms with Crippen molar-refractivity contribution in [2.75, 3.05) is 20.3 Å². The lowest BCUT2D eigenvalue weighted by molar-refractivity contribution is -0.140. The number of sulfonamides is 1. The van der Waals surface area contributed by atoms with Gasteiger partial charge in [0.2, 0.25) is 10.0 Å². The quantitative estimate of drug-likeness (QED) is 0.551. The number of methoxy groups -OCH3 is 1. The molecule has 0 bridgehead atoms. The molecule has 0 aliphatic rings. The van der Waals surface area contributed by atoms with Gasteiger partial charge in [-0.1, -0.05) is 13.8 Å². The van der Waals surface area contributed by atoms with Crippen LogP contribution in [0.5, 0.6) is 0 Å². The molecule has 0 aromatic heterocycles. The molecule has 0 radical (unpaired) electrons. The Morgan fingerprint density at radius 1 is 1.21 bits per heavy atom. The molecule has 0 heterocycles. The third kappa shape index (κ3) is 5.59. The summed E-state index contributed by atoms with van der Waals surface area (Å²) >= 11 is 0. The summed E-state index contributed by atoms with van der Waals surface area (Å²) in [5.41, 5.74) is 0.178. The summed E-state index contributed by atoms with van der Waals surface area (Å²) in [4.78, 5) is 23.2. The number of carboxylic acids is 1. The van der Waals surface area contributed by atoms with Crippen LogP contribution in [0.1, 0.15) is 24.2 Å². The molecular weight excluding hydrogens is 336 g/mol. The zero-order valence-corrected chi connectivity index (χ0v) is 14.6. The Morgan fingerprint density at radius 3 is 2.25 bits per heavy atom. The van der Waals surface area contributed by atoms with Crippen molar-refractivity contribution in [1.29, 1.82) is 0 Å². The van der Waals surface area contributed by atoms with E-state index in [1.807, 2.05) is 0 Å². The lowest BCUT2D eigenvalue weighted by Gasteiger charge is -2.18. The molecule has 1 aromatic carbocycles. The number of aliphatic carboxylic acids is 1. The van der Waals surface area contributed by atoms with Crippen molar-refractivity contribution in [3.8, 4) is 0 Å². The Kier molecular flexibility index (Phi) is 7.33. The molecule has 8 nitrogen and oxygen atoms in total. The monoisotopic (exact) mass is 358 g/mol. The fourth-order valence-electron chi connectivity index (χ4n) is 1.89. The number of carboxylic acid groups (broad SMARTS) is 1. The summed E-state index contributed by atoms with van der Waals surface area (Å²) < 4.78 is 31.1. The minimum atomic E-state index is -3.68. The van der Waals surface area contributed by atoms with Crippen LogP contribution in [0.15, 0.2) is 29.2 Å². The number of amides is 1. The van der Waals surface area contributed by atoms with E-state index in [0.29, 0.717) is 0 Å². The van der Waals surface area contributed by atoms with Crippen molar-refractivity contribution < 1.29 is 27.9 Å². The molecule has 0 saturated carbocycles. The second kappa shape index (κ2) is 8.76. The van der Waals surface area contributed by atoms with Crippen molar-refractivity contribution in [3.05, 3.63) is 29.8 Å². The molecule has 9 heteroatoms. The molecule has 0 aliphatic heterocycles. The second-order valence-electron chi connectivity index (χ2n) is 5.45. The summed E-state index contributed by atoms with van der Waals surface area (Å²) in [6.07, 6.45) is 0. The number of ether oxygens (including phenoxy) is 1. The van der Waals surface area contributed by atoms with Gasteiger partial charge in [-0.3, -0.25) is 4.79 Å². The standard InChI is InChI=1S/C15H22N2O6S/c1-10(2)13(15(19)20)17-14(18)11-4-6-12(7-5-11)24(21,22)16-8-9-23-3/h4-7,10,13,16H,8-9H2,1-3H3,(H,17,18)(H,19,20). The Labute approximate surface area is 141 Å². The molecular formula is C15H22N2O6S. The van der Waals surface area contributed by atoms with Gasteiger partial charge in [-0.15, -0.1) is 0 Å². The van der Waals surface area contributed by atoms with Crippen LogP contribution in [-0.2, 0) is 19.6 Å². The molecule has 0 saturated heterocycles. The minimum absolute atomic E-state index is 0.00815. The van der Waals surface area contributed by atoms with Gasteiger partial charge in [0.25, 0.3) is 5.91 Å². The van der Waals surface area contributed by atoms with Gasteiger partial charge >= 0.3 is 5.97 Å². The number of nitrogens with one attached hydrogen (secondary N) is 2. The molecule has 1 unspecified atom stereocenters. The summed E-state index contributed by atoms with van der Waals surface area (Å²) in [5.74, 6) is -1.98. The van der Waals surface area contributed by atoms with Gasteiger partial charge in [0.05, 0.1) is 11.5 Å². The summed E-state index contributed by atoms with van der Waals surface area (Å²) in [6.45, 7) is 3.74. The summed E-state index contributed by atoms with van der Waals surface area (Å²) in [7, 11) is -2.22. The van der Waals surface area contributed by atoms with Gasteiger partial charge in [-0.05, 0) is 30.2 Å². The van der Waals surface area contributed by atoms with Gasteiger partial charge in [0, 0.05) is 19.2 Å². The highest BCUT2D eigenvalue weighted by Crippen LogP contribution is 2.11. The number of hydrogen-bond donors (Lipinski definition) is 3. The molecule has 24 heavy (non-hydrogen) atoms. The smallest absolute Gasteiger partial charge is 0.326 e. The Bertz CT molecular complexity index is 670. The normalized spacial score (nSPS) is 12.8. The van der Waals surface area contributed by atoms with Crippen molar-refractivity contribution in [2.45, 2.75) is 24.8 Å². The number of carbonyl (C=O) groups excluding carboxylic acids is 1. The van der Waals surface area contributed by atoms with Gasteiger partial charge in [0.15, 0.2) is 0 Å². The van der Waals surface area contributed by atoms with Crippen molar-refractivity contribution >= 4 is 21.9 Å². The minimum Gasteiger partial charge on any atom is -0.480 e. The highest BCUT2D eigenvalue weighted by atomic mass is 32.2. The molecule has 134 valence electrons. The van der Waals surface area contributed by atoms with E-state index in [-0.39, 0.29) is 29.5 Å². The van der Waals surface area contributed by atoms with E-state index in [1.54, 1.807) is 13.8 Å². The van der Waals surface area contributed by atoms with E-state index in [0.717, 1.165) is 0 Å². The average molecular weight is 358 g/mol. The first-order valence-corrected chi connectivity index (χ1v) is 8.79. The van der Waals surface area contributed by atoms with Crippen LogP contribution in [0.3, 0.4) is 0 Å². The van der Waals surface area contributed by atoms with Crippen LogP contribution in [0.2, 0.25) is 0 Å². The van der Waals surface area contributed by atoms with Gasteiger partial charge in [-0.25, -0.2) is 17.9 Å². The predicted molar refractivity (Wildman–Crippen MR) is 87.2 cm³/mol. The zero-order chi connectivity index (χ0) is 18.3. The number of carbonyl (C=O) groups is 2. The van der Waals surface area contributed by atoms with E-state index < -0.39 is 27.9 Å². The van der Waals surface area contributed by atoms with Crippen LogP contribution >= 0.6 is 0 Å². The van der Waals surface area contributed by atoms with Crippen LogP contribution in [-0.4, -0.2) is 51.7 Å². The lowest BCUT2D eigenvalue weighted by Crippen LogP contribution is -2.44. The SMILES string of the molecule is COCCNS(=O)(=O)c1ccc(C(=O)NC(C(=O)O)C(C)C)cc1. The molecule has 0 aliphatic carbocycles. The topological polar surface area (TPSA) is 122 Å². The fraction of sp³-hybridized carbons (Fsp3) is 0.467. The fourth-order valence-corrected chi connectivity index (χ4v) is 2.90. The molecule has 1 amide bonds. The summed E-state index contributed by atoms with van der Waals surface area (Å²) in [6, 6.07) is 4.22. The average Bonchev–Trinajstić information content (AvgIpc) is 2.52. The maximum absolute atomic E-state index is 12.1. The first-order chi connectivity index (χ1) is 11.2. The highest BCUT2D eigenvalue weighted by Gasteiger charge is 2.24. The van der Waals surface area contributed by atoms with Crippen LogP contribution in [0.25, 0.3) is 0 Å². The number of rotatable bonds is 9. The van der Waals surface area contributed by atoms with Crippen LogP contribution < -0.4 is 10.0 Å². The molecule has 0 fully saturated rings. The largest absolute Gasteiger partial charge is 0.480 e. The zero-order valence-electron chi connectivity index (χ0n) is 13.8. The van der Waals surface area contributed by atoms with E-state index in [4.69, 9.17) is 9.84 Å². The first kappa shape index (κ1) is 20.1. The number of benzene rings is 1. The van der Waals surface area contributed by atoms with E-state index in [1.165, 1.54) is 31.4 Å². The second-order valence-corrected chi connectivity index (χ2v) is 7.22. The van der Waals surface area contributed by atoms with Gasteiger partial charge < -0.3 is 15.2 Å². The van der Waals surface area contributed by atoms with E-state index >= 15 is 0 Å². The highest BCUT2D eigenvalue weighted by molar-refractivity contribution is 7.89. The lowest BCUT2D eigenvalue weighted by atomic mass is 10.0. The van der Waals surface area contributed by atoms with E-state index in [2.05, 4.69) is 10.0 Å². The molecule has 1 atom stereocenters. The molecule has 3 N–H and O–H groups in total. The first-order valence-electron chi connectivity index (χ1n) is 7.31. The van der Waals surface area contributed by atoms with E-state index in [9.17, 15) is 18.0 Å².